The molecule has 0 amide bonds. The molecule has 2 aromatic carbocycles. The predicted octanol–water partition coefficient (Wildman–Crippen LogP) is 3.82. The molecule has 0 aliphatic rings. The van der Waals surface area contributed by atoms with Crippen molar-refractivity contribution in [3.63, 3.8) is 0 Å². The summed E-state index contributed by atoms with van der Waals surface area (Å²) in [5.41, 5.74) is 2.55. The molecule has 0 heterocycles. The van der Waals surface area contributed by atoms with Crippen molar-refractivity contribution in [1.29, 1.82) is 0 Å². The van der Waals surface area contributed by atoms with Crippen LogP contribution in [-0.2, 0) is 0 Å². The molecule has 0 aromatic heterocycles. The van der Waals surface area contributed by atoms with E-state index in [2.05, 4.69) is 48.5 Å². The molecular formula is C12H12Cl2Ge. The topological polar surface area (TPSA) is 0 Å². The van der Waals surface area contributed by atoms with Crippen molar-refractivity contribution < 1.29 is 0 Å². The summed E-state index contributed by atoms with van der Waals surface area (Å²) in [7, 11) is 9.90. The van der Waals surface area contributed by atoms with Crippen LogP contribution in [0, 0.1) is 0 Å². The molecule has 15 heavy (non-hydrogen) atoms. The van der Waals surface area contributed by atoms with Gasteiger partial charge in [-0.1, -0.05) is 60.7 Å². The number of hydrogen-bond acceptors (Lipinski definition) is 0. The van der Waals surface area contributed by atoms with Gasteiger partial charge in [-0.15, -0.1) is 0 Å². The molecule has 0 spiro atoms. The zero-order chi connectivity index (χ0) is 10.9. The van der Waals surface area contributed by atoms with E-state index in [0.29, 0.717) is 0 Å². The molecule has 0 atom stereocenters. The first-order chi connectivity index (χ1) is 7.38. The summed E-state index contributed by atoms with van der Waals surface area (Å²) >= 11 is -0.931. The molecule has 78 valence electrons. The third kappa shape index (κ3) is 4.74. The van der Waals surface area contributed by atoms with Gasteiger partial charge < -0.3 is 0 Å². The predicted molar refractivity (Wildman–Crippen MR) is 72.1 cm³/mol. The molecule has 0 fully saturated rings. The van der Waals surface area contributed by atoms with Crippen molar-refractivity contribution in [3.8, 4) is 11.1 Å². The van der Waals surface area contributed by atoms with Crippen LogP contribution in [0.3, 0.4) is 0 Å². The zero-order valence-electron chi connectivity index (χ0n) is 8.24. The molecule has 0 bridgehead atoms. The third-order valence-electron chi connectivity index (χ3n) is 1.88. The van der Waals surface area contributed by atoms with Gasteiger partial charge in [-0.2, -0.15) is 0 Å². The molecule has 0 saturated carbocycles. The van der Waals surface area contributed by atoms with Gasteiger partial charge in [-0.25, -0.2) is 0 Å². The minimum Gasteiger partial charge on any atom is -0.0622 e. The van der Waals surface area contributed by atoms with Gasteiger partial charge in [0.05, 0.1) is 0 Å². The van der Waals surface area contributed by atoms with Gasteiger partial charge in [0.1, 0.15) is 0 Å². The van der Waals surface area contributed by atoms with E-state index in [1.165, 1.54) is 11.1 Å². The molecule has 0 N–H and O–H groups in total. The van der Waals surface area contributed by atoms with E-state index >= 15 is 0 Å². The van der Waals surface area contributed by atoms with Crippen molar-refractivity contribution in [1.82, 2.24) is 0 Å². The Morgan fingerprint density at radius 1 is 0.600 bits per heavy atom. The summed E-state index contributed by atoms with van der Waals surface area (Å²) in [6.45, 7) is 0. The minimum atomic E-state index is -0.931. The summed E-state index contributed by atoms with van der Waals surface area (Å²) in [6.07, 6.45) is 0. The van der Waals surface area contributed by atoms with Crippen LogP contribution in [0.5, 0.6) is 0 Å². The average molecular weight is 300 g/mol. The average Bonchev–Trinajstić information content (AvgIpc) is 2.32. The maximum absolute atomic E-state index is 4.95. The normalized spacial score (nSPS) is 8.93. The Balaban J connectivity index is 0.000000337. The van der Waals surface area contributed by atoms with E-state index in [1.807, 2.05) is 12.1 Å². The Morgan fingerprint density at radius 2 is 0.867 bits per heavy atom. The van der Waals surface area contributed by atoms with Crippen molar-refractivity contribution in [2.45, 2.75) is 0 Å². The number of hydrogen-bond donors (Lipinski definition) is 0. The molecule has 2 aromatic rings. The number of benzene rings is 2. The van der Waals surface area contributed by atoms with Gasteiger partial charge in [0.15, 0.2) is 0 Å². The van der Waals surface area contributed by atoms with Crippen molar-refractivity contribution in [3.05, 3.63) is 60.7 Å². The minimum absolute atomic E-state index is 0.931. The van der Waals surface area contributed by atoms with Gasteiger partial charge in [0, 0.05) is 0 Å². The first-order valence-corrected chi connectivity index (χ1v) is 12.4. The van der Waals surface area contributed by atoms with Gasteiger partial charge in [0.2, 0.25) is 0 Å². The van der Waals surface area contributed by atoms with E-state index in [-0.39, 0.29) is 0 Å². The molecule has 2 rings (SSSR count). The quantitative estimate of drug-likeness (QED) is 0.702. The molecular weight excluding hydrogens is 288 g/mol. The van der Waals surface area contributed by atoms with Gasteiger partial charge in [-0.3, -0.25) is 0 Å². The largest absolute Gasteiger partial charge is 0.0622 e. The first-order valence-electron chi connectivity index (χ1n) is 4.61. The number of halogens is 2. The van der Waals surface area contributed by atoms with E-state index < -0.39 is 13.6 Å². The Labute approximate surface area is 105 Å². The van der Waals surface area contributed by atoms with Crippen molar-refractivity contribution >= 4 is 33.6 Å². The second-order valence-electron chi connectivity index (χ2n) is 2.83. The molecule has 0 aliphatic carbocycles. The monoisotopic (exact) mass is 300 g/mol. The van der Waals surface area contributed by atoms with E-state index in [4.69, 9.17) is 20.0 Å². The van der Waals surface area contributed by atoms with E-state index in [1.54, 1.807) is 0 Å². The van der Waals surface area contributed by atoms with Crippen LogP contribution < -0.4 is 0 Å². The van der Waals surface area contributed by atoms with Crippen LogP contribution in [0.25, 0.3) is 11.1 Å². The zero-order valence-corrected chi connectivity index (χ0v) is 12.7. The van der Waals surface area contributed by atoms with Crippen LogP contribution in [-0.4, -0.2) is 13.6 Å². The summed E-state index contributed by atoms with van der Waals surface area (Å²) in [4.78, 5) is 0. The van der Waals surface area contributed by atoms with Crippen LogP contribution in [0.2, 0.25) is 0 Å². The fraction of sp³-hybridized carbons (Fsp3) is 0. The van der Waals surface area contributed by atoms with Crippen LogP contribution in [0.15, 0.2) is 60.7 Å². The van der Waals surface area contributed by atoms with Crippen LogP contribution >= 0.6 is 20.0 Å². The molecule has 0 aliphatic heterocycles. The van der Waals surface area contributed by atoms with Gasteiger partial charge >= 0.3 is 33.6 Å². The van der Waals surface area contributed by atoms with E-state index in [9.17, 15) is 0 Å². The van der Waals surface area contributed by atoms with Crippen molar-refractivity contribution in [2.24, 2.45) is 0 Å². The maximum atomic E-state index is 4.95. The fourth-order valence-electron chi connectivity index (χ4n) is 1.26. The second-order valence-corrected chi connectivity index (χ2v) is 7.46. The number of rotatable bonds is 1. The Morgan fingerprint density at radius 3 is 1.13 bits per heavy atom. The second kappa shape index (κ2) is 7.80. The smallest absolute Gasteiger partial charge is 0.0184 e. The molecule has 0 nitrogen and oxygen atoms in total. The standard InChI is InChI=1S/C12H10.Cl2GeH2/c1-3-7-11(8-4-1)12-9-5-2-6-10-12;1-3-2/h1-10H;3H2. The van der Waals surface area contributed by atoms with Crippen molar-refractivity contribution in [2.75, 3.05) is 0 Å². The van der Waals surface area contributed by atoms with E-state index in [0.717, 1.165) is 0 Å². The van der Waals surface area contributed by atoms with Crippen LogP contribution in [0.4, 0.5) is 0 Å². The van der Waals surface area contributed by atoms with Gasteiger partial charge in [0.25, 0.3) is 0 Å². The molecule has 0 unspecified atom stereocenters. The fourth-order valence-corrected chi connectivity index (χ4v) is 1.26. The van der Waals surface area contributed by atoms with Crippen LogP contribution in [0.1, 0.15) is 0 Å². The Hall–Kier alpha value is -0.437. The summed E-state index contributed by atoms with van der Waals surface area (Å²) in [5, 5.41) is 0. The summed E-state index contributed by atoms with van der Waals surface area (Å²) in [6, 6.07) is 20.8. The molecule has 0 radical (unpaired) electrons. The summed E-state index contributed by atoms with van der Waals surface area (Å²) in [5.74, 6) is 0. The molecule has 3 heteroatoms. The SMILES string of the molecule is [Cl][GeH2][Cl].c1ccc(-c2ccccc2)cc1. The Kier molecular flexibility index (Phi) is 6.57. The maximum Gasteiger partial charge on any atom is -0.0184 e. The summed E-state index contributed by atoms with van der Waals surface area (Å²) < 4.78 is 0. The first kappa shape index (κ1) is 12.6. The van der Waals surface area contributed by atoms with Gasteiger partial charge in [-0.05, 0) is 11.1 Å². The third-order valence-corrected chi connectivity index (χ3v) is 1.88. The molecule has 0 saturated heterocycles. The Bertz CT molecular complexity index is 324.